The average molecular weight is 440 g/mol. The third-order valence-corrected chi connectivity index (χ3v) is 5.29. The lowest BCUT2D eigenvalue weighted by atomic mass is 10.1. The standard InChI is InChI=1S/C24H29N3O5/c28-17-21(25-22(29)16-19-8-3-1-4-9-19)23(30)26-12-7-13-27(15-14-26)24(31)32-18-20-10-5-2-6-11-20/h1-6,8-11,21,28H,7,12-18H2,(H,25,29)/t21-/m0/s1. The summed E-state index contributed by atoms with van der Waals surface area (Å²) in [5, 5.41) is 12.3. The van der Waals surface area contributed by atoms with E-state index in [4.69, 9.17) is 4.74 Å². The van der Waals surface area contributed by atoms with Crippen LogP contribution in [0.25, 0.3) is 0 Å². The van der Waals surface area contributed by atoms with Crippen molar-refractivity contribution in [3.63, 3.8) is 0 Å². The number of ether oxygens (including phenoxy) is 1. The summed E-state index contributed by atoms with van der Waals surface area (Å²) in [6.45, 7) is 1.26. The maximum absolute atomic E-state index is 12.9. The molecule has 8 nitrogen and oxygen atoms in total. The van der Waals surface area contributed by atoms with Crippen LogP contribution in [0.3, 0.4) is 0 Å². The van der Waals surface area contributed by atoms with Crippen LogP contribution < -0.4 is 5.32 Å². The summed E-state index contributed by atoms with van der Waals surface area (Å²) in [5.41, 5.74) is 1.73. The van der Waals surface area contributed by atoms with Crippen LogP contribution in [0.5, 0.6) is 0 Å². The third kappa shape index (κ3) is 6.81. The zero-order chi connectivity index (χ0) is 22.8. The quantitative estimate of drug-likeness (QED) is 0.683. The number of hydrogen-bond acceptors (Lipinski definition) is 5. The Morgan fingerprint density at radius 1 is 0.875 bits per heavy atom. The fraction of sp³-hybridized carbons (Fsp3) is 0.375. The van der Waals surface area contributed by atoms with Crippen LogP contribution in [0.15, 0.2) is 60.7 Å². The van der Waals surface area contributed by atoms with E-state index in [1.165, 1.54) is 0 Å². The molecule has 1 heterocycles. The van der Waals surface area contributed by atoms with E-state index in [0.29, 0.717) is 32.6 Å². The molecular formula is C24H29N3O5. The van der Waals surface area contributed by atoms with Crippen LogP contribution in [0.1, 0.15) is 17.5 Å². The van der Waals surface area contributed by atoms with Gasteiger partial charge in [0.05, 0.1) is 13.0 Å². The van der Waals surface area contributed by atoms with Gasteiger partial charge in [-0.25, -0.2) is 4.79 Å². The van der Waals surface area contributed by atoms with Crippen molar-refractivity contribution in [2.45, 2.75) is 25.5 Å². The first kappa shape index (κ1) is 23.3. The van der Waals surface area contributed by atoms with Gasteiger partial charge in [-0.1, -0.05) is 60.7 Å². The van der Waals surface area contributed by atoms with Gasteiger partial charge in [-0.05, 0) is 17.5 Å². The predicted octanol–water partition coefficient (Wildman–Crippen LogP) is 1.58. The van der Waals surface area contributed by atoms with Crippen molar-refractivity contribution < 1.29 is 24.2 Å². The van der Waals surface area contributed by atoms with E-state index in [1.807, 2.05) is 60.7 Å². The molecule has 0 bridgehead atoms. The molecule has 1 aliphatic heterocycles. The molecule has 170 valence electrons. The highest BCUT2D eigenvalue weighted by atomic mass is 16.6. The zero-order valence-corrected chi connectivity index (χ0v) is 18.0. The highest BCUT2D eigenvalue weighted by Gasteiger charge is 2.28. The lowest BCUT2D eigenvalue weighted by Crippen LogP contribution is -2.51. The van der Waals surface area contributed by atoms with Crippen molar-refractivity contribution in [3.8, 4) is 0 Å². The number of hydrogen-bond donors (Lipinski definition) is 2. The van der Waals surface area contributed by atoms with Gasteiger partial charge in [-0.15, -0.1) is 0 Å². The Kier molecular flexibility index (Phi) is 8.62. The number of carbonyl (C=O) groups is 3. The predicted molar refractivity (Wildman–Crippen MR) is 119 cm³/mol. The van der Waals surface area contributed by atoms with E-state index in [-0.39, 0.29) is 24.8 Å². The molecule has 1 fully saturated rings. The normalized spacial score (nSPS) is 14.9. The minimum atomic E-state index is -1.01. The molecule has 0 unspecified atom stereocenters. The van der Waals surface area contributed by atoms with Crippen LogP contribution in [-0.4, -0.2) is 71.6 Å². The number of aliphatic hydroxyl groups excluding tert-OH is 1. The van der Waals surface area contributed by atoms with E-state index in [9.17, 15) is 19.5 Å². The Bertz CT molecular complexity index is 891. The topological polar surface area (TPSA) is 99.2 Å². The van der Waals surface area contributed by atoms with E-state index in [2.05, 4.69) is 5.32 Å². The number of carbonyl (C=O) groups excluding carboxylic acids is 3. The van der Waals surface area contributed by atoms with E-state index in [0.717, 1.165) is 11.1 Å². The van der Waals surface area contributed by atoms with Crippen molar-refractivity contribution in [3.05, 3.63) is 71.8 Å². The first-order valence-electron chi connectivity index (χ1n) is 10.8. The van der Waals surface area contributed by atoms with Gasteiger partial charge in [0, 0.05) is 26.2 Å². The molecule has 3 amide bonds. The molecule has 0 aliphatic carbocycles. The molecule has 1 atom stereocenters. The molecule has 32 heavy (non-hydrogen) atoms. The van der Waals surface area contributed by atoms with Crippen LogP contribution >= 0.6 is 0 Å². The Hall–Kier alpha value is -3.39. The smallest absolute Gasteiger partial charge is 0.410 e. The van der Waals surface area contributed by atoms with Gasteiger partial charge in [-0.2, -0.15) is 0 Å². The Morgan fingerprint density at radius 3 is 2.12 bits per heavy atom. The average Bonchev–Trinajstić information content (AvgIpc) is 3.08. The highest BCUT2D eigenvalue weighted by Crippen LogP contribution is 2.09. The summed E-state index contributed by atoms with van der Waals surface area (Å²) in [6, 6.07) is 17.6. The van der Waals surface area contributed by atoms with E-state index in [1.54, 1.807) is 9.80 Å². The molecule has 1 aliphatic rings. The fourth-order valence-electron chi connectivity index (χ4n) is 3.56. The van der Waals surface area contributed by atoms with Crippen molar-refractivity contribution in [1.29, 1.82) is 0 Å². The second kappa shape index (κ2) is 11.9. The maximum atomic E-state index is 12.9. The fourth-order valence-corrected chi connectivity index (χ4v) is 3.56. The van der Waals surface area contributed by atoms with Gasteiger partial charge >= 0.3 is 6.09 Å². The van der Waals surface area contributed by atoms with Crippen LogP contribution in [-0.2, 0) is 27.4 Å². The second-order valence-electron chi connectivity index (χ2n) is 7.67. The van der Waals surface area contributed by atoms with Gasteiger partial charge in [0.1, 0.15) is 12.6 Å². The largest absolute Gasteiger partial charge is 0.445 e. The molecule has 0 saturated carbocycles. The van der Waals surface area contributed by atoms with Crippen molar-refractivity contribution in [2.75, 3.05) is 32.8 Å². The number of rotatable bonds is 7. The Labute approximate surface area is 187 Å². The lowest BCUT2D eigenvalue weighted by Gasteiger charge is -2.26. The maximum Gasteiger partial charge on any atom is 0.410 e. The summed E-state index contributed by atoms with van der Waals surface area (Å²) in [7, 11) is 0. The van der Waals surface area contributed by atoms with Crippen molar-refractivity contribution >= 4 is 17.9 Å². The summed E-state index contributed by atoms with van der Waals surface area (Å²) in [5.74, 6) is -0.682. The first-order valence-corrected chi connectivity index (χ1v) is 10.8. The number of aliphatic hydroxyl groups is 1. The molecule has 2 N–H and O–H groups in total. The van der Waals surface area contributed by atoms with Crippen molar-refractivity contribution in [1.82, 2.24) is 15.1 Å². The zero-order valence-electron chi connectivity index (χ0n) is 18.0. The van der Waals surface area contributed by atoms with Crippen LogP contribution in [0, 0.1) is 0 Å². The summed E-state index contributed by atoms with van der Waals surface area (Å²) >= 11 is 0. The molecule has 2 aromatic rings. The lowest BCUT2D eigenvalue weighted by molar-refractivity contribution is -0.137. The van der Waals surface area contributed by atoms with Crippen molar-refractivity contribution in [2.24, 2.45) is 0 Å². The molecule has 0 aromatic heterocycles. The molecule has 0 radical (unpaired) electrons. The monoisotopic (exact) mass is 439 g/mol. The Balaban J connectivity index is 1.48. The molecule has 0 spiro atoms. The number of nitrogens with zero attached hydrogens (tertiary/aromatic N) is 2. The minimum absolute atomic E-state index is 0.131. The van der Waals surface area contributed by atoms with Gasteiger partial charge in [0.2, 0.25) is 11.8 Å². The summed E-state index contributed by atoms with van der Waals surface area (Å²) < 4.78 is 5.38. The number of benzene rings is 2. The highest BCUT2D eigenvalue weighted by molar-refractivity contribution is 5.88. The molecule has 3 rings (SSSR count). The first-order chi connectivity index (χ1) is 15.6. The molecule has 1 saturated heterocycles. The van der Waals surface area contributed by atoms with E-state index >= 15 is 0 Å². The third-order valence-electron chi connectivity index (χ3n) is 5.29. The summed E-state index contributed by atoms with van der Waals surface area (Å²) in [4.78, 5) is 40.8. The Morgan fingerprint density at radius 2 is 1.47 bits per heavy atom. The van der Waals surface area contributed by atoms with Gasteiger partial charge in [0.15, 0.2) is 0 Å². The molecule has 8 heteroatoms. The molecule has 2 aromatic carbocycles. The number of amides is 3. The van der Waals surface area contributed by atoms with Gasteiger partial charge in [-0.3, -0.25) is 9.59 Å². The second-order valence-corrected chi connectivity index (χ2v) is 7.67. The minimum Gasteiger partial charge on any atom is -0.445 e. The SMILES string of the molecule is O=C(Cc1ccccc1)N[C@@H](CO)C(=O)N1CCCN(C(=O)OCc2ccccc2)CC1. The van der Waals surface area contributed by atoms with Crippen LogP contribution in [0.4, 0.5) is 4.79 Å². The molecular weight excluding hydrogens is 410 g/mol. The van der Waals surface area contributed by atoms with E-state index < -0.39 is 18.7 Å². The van der Waals surface area contributed by atoms with Crippen LogP contribution in [0.2, 0.25) is 0 Å². The summed E-state index contributed by atoms with van der Waals surface area (Å²) in [6.07, 6.45) is 0.298. The number of nitrogens with one attached hydrogen (secondary N) is 1. The van der Waals surface area contributed by atoms with Gasteiger partial charge in [0.25, 0.3) is 0 Å². The van der Waals surface area contributed by atoms with Gasteiger partial charge < -0.3 is 25.0 Å².